The molecular weight excluding hydrogens is 260 g/mol. The molecule has 1 rings (SSSR count). The third-order valence-corrected chi connectivity index (χ3v) is 5.40. The quantitative estimate of drug-likeness (QED) is 0.468. The summed E-state index contributed by atoms with van der Waals surface area (Å²) in [6.45, 7) is 9.45. The molecule has 1 aliphatic carbocycles. The van der Waals surface area contributed by atoms with Gasteiger partial charge in [-0.1, -0.05) is 54.8 Å². The predicted octanol–water partition coefficient (Wildman–Crippen LogP) is 5.57. The molecule has 0 N–H and O–H groups in total. The summed E-state index contributed by atoms with van der Waals surface area (Å²) in [4.78, 5) is 0. The van der Waals surface area contributed by atoms with Gasteiger partial charge in [0, 0.05) is 5.33 Å². The summed E-state index contributed by atoms with van der Waals surface area (Å²) in [6, 6.07) is 0. The van der Waals surface area contributed by atoms with Crippen LogP contribution in [-0.4, -0.2) is 5.33 Å². The molecule has 0 atom stereocenters. The van der Waals surface area contributed by atoms with Crippen molar-refractivity contribution in [2.45, 2.75) is 59.8 Å². The van der Waals surface area contributed by atoms with Crippen molar-refractivity contribution in [2.75, 3.05) is 5.33 Å². The average molecular weight is 287 g/mol. The topological polar surface area (TPSA) is 0 Å². The molecule has 1 fully saturated rings. The molecule has 0 aliphatic heterocycles. The Bertz CT molecular complexity index is 232. The summed E-state index contributed by atoms with van der Waals surface area (Å²) in [5.74, 6) is 1.80. The maximum Gasteiger partial charge on any atom is 0.0239 e. The highest BCUT2D eigenvalue weighted by molar-refractivity contribution is 9.09. The van der Waals surface area contributed by atoms with Crippen molar-refractivity contribution in [1.29, 1.82) is 0 Å². The lowest BCUT2D eigenvalue weighted by molar-refractivity contribution is 0.138. The smallest absolute Gasteiger partial charge is 0.0239 e. The number of hydrogen-bond acceptors (Lipinski definition) is 0. The first-order chi connectivity index (χ1) is 7.49. The fraction of sp³-hybridized carbons (Fsp3) is 0.867. The summed E-state index contributed by atoms with van der Waals surface area (Å²) >= 11 is 3.53. The second-order valence-electron chi connectivity index (χ2n) is 6.10. The Morgan fingerprint density at radius 3 is 2.25 bits per heavy atom. The molecule has 0 spiro atoms. The van der Waals surface area contributed by atoms with Gasteiger partial charge in [-0.2, -0.15) is 0 Å². The van der Waals surface area contributed by atoms with Crippen LogP contribution in [-0.2, 0) is 0 Å². The third kappa shape index (κ3) is 3.91. The molecule has 0 aromatic rings. The van der Waals surface area contributed by atoms with Gasteiger partial charge in [0.15, 0.2) is 0 Å². The molecule has 1 aliphatic rings. The second-order valence-corrected chi connectivity index (χ2v) is 6.66. The lowest BCUT2D eigenvalue weighted by atomic mass is 9.67. The summed E-state index contributed by atoms with van der Waals surface area (Å²) in [7, 11) is 0. The number of alkyl halides is 1. The molecule has 1 saturated carbocycles. The lowest BCUT2D eigenvalue weighted by Crippen LogP contribution is -2.27. The van der Waals surface area contributed by atoms with Gasteiger partial charge in [0.2, 0.25) is 0 Å². The van der Waals surface area contributed by atoms with Crippen LogP contribution >= 0.6 is 15.9 Å². The van der Waals surface area contributed by atoms with Crippen LogP contribution in [0.1, 0.15) is 59.8 Å². The summed E-state index contributed by atoms with van der Waals surface area (Å²) in [5.41, 5.74) is 2.05. The zero-order chi connectivity index (χ0) is 12.2. The van der Waals surface area contributed by atoms with E-state index in [4.69, 9.17) is 0 Å². The maximum atomic E-state index is 3.53. The van der Waals surface area contributed by atoms with Gasteiger partial charge in [0.05, 0.1) is 0 Å². The molecule has 0 radical (unpaired) electrons. The van der Waals surface area contributed by atoms with Gasteiger partial charge in [-0.15, -0.1) is 0 Å². The zero-order valence-electron chi connectivity index (χ0n) is 11.4. The van der Waals surface area contributed by atoms with E-state index in [1.807, 2.05) is 0 Å². The van der Waals surface area contributed by atoms with Crippen LogP contribution < -0.4 is 0 Å². The van der Waals surface area contributed by atoms with Crippen molar-refractivity contribution in [3.05, 3.63) is 11.6 Å². The number of hydrogen-bond donors (Lipinski definition) is 0. The van der Waals surface area contributed by atoms with E-state index in [9.17, 15) is 0 Å². The number of allylic oxidation sites excluding steroid dienone is 2. The van der Waals surface area contributed by atoms with Gasteiger partial charge < -0.3 is 0 Å². The van der Waals surface area contributed by atoms with Crippen LogP contribution in [0.4, 0.5) is 0 Å². The SMILES string of the molecule is CCC(C)(C)C1CCC(/C=C(\C)CBr)CC1. The van der Waals surface area contributed by atoms with Gasteiger partial charge in [-0.05, 0) is 49.9 Å². The van der Waals surface area contributed by atoms with Crippen molar-refractivity contribution in [1.82, 2.24) is 0 Å². The summed E-state index contributed by atoms with van der Waals surface area (Å²) < 4.78 is 0. The Morgan fingerprint density at radius 1 is 1.25 bits per heavy atom. The number of halogens is 1. The Kier molecular flexibility index (Phi) is 5.56. The van der Waals surface area contributed by atoms with Gasteiger partial charge in [-0.3, -0.25) is 0 Å². The van der Waals surface area contributed by atoms with Crippen LogP contribution in [0.2, 0.25) is 0 Å². The molecule has 0 heterocycles. The van der Waals surface area contributed by atoms with Crippen molar-refractivity contribution >= 4 is 15.9 Å². The Morgan fingerprint density at radius 2 is 1.81 bits per heavy atom. The van der Waals surface area contributed by atoms with Gasteiger partial charge in [0.1, 0.15) is 0 Å². The first-order valence-electron chi connectivity index (χ1n) is 6.73. The molecular formula is C15H27Br. The van der Waals surface area contributed by atoms with Crippen LogP contribution in [0.5, 0.6) is 0 Å². The van der Waals surface area contributed by atoms with E-state index in [-0.39, 0.29) is 0 Å². The molecule has 0 bridgehead atoms. The summed E-state index contributed by atoms with van der Waals surface area (Å²) in [5, 5.41) is 1.04. The molecule has 94 valence electrons. The molecule has 0 aromatic heterocycles. The lowest BCUT2D eigenvalue weighted by Gasteiger charge is -2.38. The minimum atomic E-state index is 0.555. The van der Waals surface area contributed by atoms with E-state index in [2.05, 4.69) is 49.7 Å². The van der Waals surface area contributed by atoms with Crippen LogP contribution in [0.15, 0.2) is 11.6 Å². The minimum absolute atomic E-state index is 0.555. The average Bonchev–Trinajstić information content (AvgIpc) is 2.29. The van der Waals surface area contributed by atoms with Crippen LogP contribution in [0.25, 0.3) is 0 Å². The monoisotopic (exact) mass is 286 g/mol. The van der Waals surface area contributed by atoms with E-state index in [1.165, 1.54) is 37.7 Å². The molecule has 1 heteroatoms. The molecule has 0 saturated heterocycles. The highest BCUT2D eigenvalue weighted by Crippen LogP contribution is 2.42. The van der Waals surface area contributed by atoms with E-state index >= 15 is 0 Å². The van der Waals surface area contributed by atoms with Crippen LogP contribution in [0, 0.1) is 17.3 Å². The minimum Gasteiger partial charge on any atom is -0.0880 e. The van der Waals surface area contributed by atoms with E-state index in [1.54, 1.807) is 0 Å². The highest BCUT2D eigenvalue weighted by Gasteiger charge is 2.31. The normalized spacial score (nSPS) is 28.2. The third-order valence-electron chi connectivity index (χ3n) is 4.52. The Balaban J connectivity index is 2.46. The standard InChI is InChI=1S/C15H27Br/c1-5-15(3,4)14-8-6-13(7-9-14)10-12(2)11-16/h10,13-14H,5-9,11H2,1-4H3/b12-10+. The van der Waals surface area contributed by atoms with Crippen molar-refractivity contribution < 1.29 is 0 Å². The van der Waals surface area contributed by atoms with Crippen molar-refractivity contribution in [2.24, 2.45) is 17.3 Å². The summed E-state index contributed by atoms with van der Waals surface area (Å²) in [6.07, 6.45) is 9.47. The molecule has 0 unspecified atom stereocenters. The Labute approximate surface area is 110 Å². The fourth-order valence-electron chi connectivity index (χ4n) is 2.80. The predicted molar refractivity (Wildman–Crippen MR) is 77.1 cm³/mol. The van der Waals surface area contributed by atoms with E-state index in [0.717, 1.165) is 17.2 Å². The first kappa shape index (κ1) is 14.3. The Hall–Kier alpha value is 0.220. The van der Waals surface area contributed by atoms with Gasteiger partial charge in [-0.25, -0.2) is 0 Å². The van der Waals surface area contributed by atoms with Gasteiger partial charge in [0.25, 0.3) is 0 Å². The molecule has 0 amide bonds. The van der Waals surface area contributed by atoms with Crippen LogP contribution in [0.3, 0.4) is 0 Å². The first-order valence-corrected chi connectivity index (χ1v) is 7.85. The van der Waals surface area contributed by atoms with Crippen molar-refractivity contribution in [3.63, 3.8) is 0 Å². The second kappa shape index (κ2) is 6.23. The number of rotatable bonds is 4. The zero-order valence-corrected chi connectivity index (χ0v) is 12.9. The molecule has 0 aromatic carbocycles. The fourth-order valence-corrected chi connectivity index (χ4v) is 2.99. The van der Waals surface area contributed by atoms with Crippen molar-refractivity contribution in [3.8, 4) is 0 Å². The van der Waals surface area contributed by atoms with Gasteiger partial charge >= 0.3 is 0 Å². The van der Waals surface area contributed by atoms with E-state index in [0.29, 0.717) is 5.41 Å². The largest absolute Gasteiger partial charge is 0.0880 e. The molecule has 0 nitrogen and oxygen atoms in total. The molecule has 16 heavy (non-hydrogen) atoms. The highest BCUT2D eigenvalue weighted by atomic mass is 79.9. The van der Waals surface area contributed by atoms with E-state index < -0.39 is 0 Å². The maximum absolute atomic E-state index is 3.53.